The minimum absolute atomic E-state index is 0.0295. The first kappa shape index (κ1) is 22.9. The molecule has 6 nitrogen and oxygen atoms in total. The van der Waals surface area contributed by atoms with Crippen LogP contribution in [0.2, 0.25) is 20.1 Å². The largest absolute Gasteiger partial charge is 0.365 e. The lowest BCUT2D eigenvalue weighted by atomic mass is 9.91. The Balaban J connectivity index is 1.93. The van der Waals surface area contributed by atoms with Crippen LogP contribution < -0.4 is 10.2 Å². The Morgan fingerprint density at radius 1 is 1.07 bits per heavy atom. The molecule has 0 radical (unpaired) electrons. The molecule has 0 spiro atoms. The molecule has 0 bridgehead atoms. The van der Waals surface area contributed by atoms with E-state index in [0.29, 0.717) is 17.5 Å². The zero-order valence-corrected chi connectivity index (χ0v) is 19.2. The molecule has 0 aliphatic carbocycles. The van der Waals surface area contributed by atoms with Crippen molar-refractivity contribution in [2.75, 3.05) is 23.3 Å². The lowest BCUT2D eigenvalue weighted by molar-refractivity contribution is -0.384. The summed E-state index contributed by atoms with van der Waals surface area (Å²) in [6.07, 6.45) is 1.08. The molecule has 1 aliphatic heterocycles. The van der Waals surface area contributed by atoms with E-state index in [1.807, 2.05) is 4.90 Å². The quantitative estimate of drug-likeness (QED) is 0.286. The van der Waals surface area contributed by atoms with Crippen molar-refractivity contribution in [3.8, 4) is 0 Å². The molecule has 30 heavy (non-hydrogen) atoms. The van der Waals surface area contributed by atoms with Gasteiger partial charge in [0.25, 0.3) is 11.6 Å². The number of hydrogen-bond acceptors (Lipinski definition) is 4. The number of halogens is 4. The molecule has 2 aromatic rings. The molecule has 2 atom stereocenters. The predicted molar refractivity (Wildman–Crippen MR) is 123 cm³/mol. The summed E-state index contributed by atoms with van der Waals surface area (Å²) in [7, 11) is 0. The minimum Gasteiger partial charge on any atom is -0.365 e. The smallest absolute Gasteiger partial charge is 0.293 e. The number of nitrogens with zero attached hydrogens (tertiary/aromatic N) is 2. The van der Waals surface area contributed by atoms with Crippen molar-refractivity contribution in [2.45, 2.75) is 20.3 Å². The van der Waals surface area contributed by atoms with Crippen LogP contribution in [-0.4, -0.2) is 23.9 Å². The molecule has 10 heteroatoms. The molecule has 1 N–H and O–H groups in total. The van der Waals surface area contributed by atoms with E-state index in [1.165, 1.54) is 18.2 Å². The summed E-state index contributed by atoms with van der Waals surface area (Å²) >= 11 is 24.3. The van der Waals surface area contributed by atoms with Crippen LogP contribution >= 0.6 is 46.4 Å². The van der Waals surface area contributed by atoms with E-state index in [0.717, 1.165) is 19.5 Å². The van der Waals surface area contributed by atoms with E-state index in [1.54, 1.807) is 6.07 Å². The van der Waals surface area contributed by atoms with E-state index in [9.17, 15) is 14.9 Å². The fraction of sp³-hybridized carbons (Fsp3) is 0.350. The van der Waals surface area contributed by atoms with Crippen LogP contribution in [0.3, 0.4) is 0 Å². The van der Waals surface area contributed by atoms with Gasteiger partial charge in [0.05, 0.1) is 30.7 Å². The second-order valence-corrected chi connectivity index (χ2v) is 9.18. The Kier molecular flexibility index (Phi) is 7.02. The average Bonchev–Trinajstić information content (AvgIpc) is 2.68. The topological polar surface area (TPSA) is 75.5 Å². The highest BCUT2D eigenvalue weighted by molar-refractivity contribution is 6.50. The first-order valence-electron chi connectivity index (χ1n) is 9.26. The predicted octanol–water partition coefficient (Wildman–Crippen LogP) is 6.94. The van der Waals surface area contributed by atoms with Gasteiger partial charge in [-0.25, -0.2) is 0 Å². The number of rotatable bonds is 4. The summed E-state index contributed by atoms with van der Waals surface area (Å²) in [5.74, 6) is 0.230. The van der Waals surface area contributed by atoms with Crippen LogP contribution in [0.1, 0.15) is 30.6 Å². The van der Waals surface area contributed by atoms with Gasteiger partial charge in [0.2, 0.25) is 0 Å². The number of carbonyl (C=O) groups excluding carboxylic acids is 1. The fourth-order valence-corrected chi connectivity index (χ4v) is 4.71. The third kappa shape index (κ3) is 4.78. The van der Waals surface area contributed by atoms with Crippen LogP contribution in [0.15, 0.2) is 24.3 Å². The van der Waals surface area contributed by atoms with Gasteiger partial charge in [-0.15, -0.1) is 0 Å². The van der Waals surface area contributed by atoms with Gasteiger partial charge >= 0.3 is 0 Å². The number of hydrogen-bond donors (Lipinski definition) is 1. The summed E-state index contributed by atoms with van der Waals surface area (Å²) in [6.45, 7) is 5.70. The Labute approximate surface area is 194 Å². The van der Waals surface area contributed by atoms with Crippen molar-refractivity contribution in [3.63, 3.8) is 0 Å². The van der Waals surface area contributed by atoms with Crippen molar-refractivity contribution in [2.24, 2.45) is 11.8 Å². The molecule has 0 saturated carbocycles. The van der Waals surface area contributed by atoms with E-state index in [-0.39, 0.29) is 37.0 Å². The number of piperidine rings is 1. The minimum atomic E-state index is -0.618. The average molecular weight is 491 g/mol. The third-order valence-corrected chi connectivity index (χ3v) is 6.57. The number of anilines is 2. The summed E-state index contributed by atoms with van der Waals surface area (Å²) in [5.41, 5.74) is 0.500. The number of nitro groups is 1. The van der Waals surface area contributed by atoms with E-state index >= 15 is 0 Å². The summed E-state index contributed by atoms with van der Waals surface area (Å²) in [6, 6.07) is 5.76. The monoisotopic (exact) mass is 489 g/mol. The van der Waals surface area contributed by atoms with Crippen LogP contribution in [0.5, 0.6) is 0 Å². The van der Waals surface area contributed by atoms with E-state index in [2.05, 4.69) is 19.2 Å². The fourth-order valence-electron chi connectivity index (χ4n) is 3.81. The van der Waals surface area contributed by atoms with Crippen LogP contribution in [0.25, 0.3) is 0 Å². The van der Waals surface area contributed by atoms with Crippen molar-refractivity contribution in [1.82, 2.24) is 0 Å². The molecule has 3 rings (SSSR count). The molecule has 2 aromatic carbocycles. The molecular formula is C20H19Cl4N3O3. The van der Waals surface area contributed by atoms with Gasteiger partial charge in [0.15, 0.2) is 0 Å². The SMILES string of the molecule is C[C@H]1C[C@H](C)CN(c2ccc(C(=O)Nc3c(Cl)c(Cl)cc(Cl)c3Cl)cc2[N+](=O)[O-])C1. The Bertz CT molecular complexity index is 979. The molecule has 1 fully saturated rings. The first-order valence-corrected chi connectivity index (χ1v) is 10.8. The van der Waals surface area contributed by atoms with Crippen molar-refractivity contribution in [3.05, 3.63) is 60.0 Å². The Hall–Kier alpha value is -1.73. The number of nitrogens with one attached hydrogen (secondary N) is 1. The van der Waals surface area contributed by atoms with Crippen LogP contribution in [0.4, 0.5) is 17.1 Å². The second kappa shape index (κ2) is 9.18. The molecule has 1 aliphatic rings. The standard InChI is InChI=1S/C20H19Cl4N3O3/c1-10-5-11(2)9-26(8-10)15-4-3-12(6-16(15)27(29)30)20(28)25-19-17(23)13(21)7-14(22)18(19)24/h3-4,6-7,10-11H,5,8-9H2,1-2H3,(H,25,28)/t10-,11-/m0/s1. The summed E-state index contributed by atoms with van der Waals surface area (Å²) in [4.78, 5) is 26.0. The maximum Gasteiger partial charge on any atom is 0.293 e. The number of nitro benzene ring substituents is 1. The maximum absolute atomic E-state index is 12.8. The van der Waals surface area contributed by atoms with Gasteiger partial charge in [-0.2, -0.15) is 0 Å². The zero-order chi connectivity index (χ0) is 22.2. The highest BCUT2D eigenvalue weighted by Crippen LogP contribution is 2.41. The highest BCUT2D eigenvalue weighted by atomic mass is 35.5. The van der Waals surface area contributed by atoms with E-state index in [4.69, 9.17) is 46.4 Å². The molecule has 1 saturated heterocycles. The van der Waals surface area contributed by atoms with Crippen molar-refractivity contribution < 1.29 is 9.72 Å². The number of carbonyl (C=O) groups is 1. The van der Waals surface area contributed by atoms with Crippen LogP contribution in [-0.2, 0) is 0 Å². The molecule has 0 unspecified atom stereocenters. The first-order chi connectivity index (χ1) is 14.1. The highest BCUT2D eigenvalue weighted by Gasteiger charge is 2.28. The normalized spacial score (nSPS) is 18.9. The van der Waals surface area contributed by atoms with Gasteiger partial charge in [-0.1, -0.05) is 60.3 Å². The molecular weight excluding hydrogens is 472 g/mol. The second-order valence-electron chi connectivity index (χ2n) is 7.61. The molecule has 1 heterocycles. The lowest BCUT2D eigenvalue weighted by Crippen LogP contribution is -2.39. The van der Waals surface area contributed by atoms with E-state index < -0.39 is 10.8 Å². The van der Waals surface area contributed by atoms with Gasteiger partial charge in [-0.05, 0) is 36.5 Å². The van der Waals surface area contributed by atoms with Gasteiger partial charge in [0, 0.05) is 24.7 Å². The molecule has 0 aromatic heterocycles. The van der Waals surface area contributed by atoms with Crippen LogP contribution in [0, 0.1) is 22.0 Å². The Morgan fingerprint density at radius 2 is 1.63 bits per heavy atom. The van der Waals surface area contributed by atoms with Gasteiger partial charge in [0.1, 0.15) is 5.69 Å². The maximum atomic E-state index is 12.8. The number of benzene rings is 2. The third-order valence-electron chi connectivity index (χ3n) is 4.99. The number of amides is 1. The van der Waals surface area contributed by atoms with Gasteiger partial charge < -0.3 is 10.2 Å². The van der Waals surface area contributed by atoms with Gasteiger partial charge in [-0.3, -0.25) is 14.9 Å². The van der Waals surface area contributed by atoms with Crippen molar-refractivity contribution >= 4 is 69.4 Å². The summed E-state index contributed by atoms with van der Waals surface area (Å²) in [5, 5.41) is 14.6. The Morgan fingerprint density at radius 3 is 2.17 bits per heavy atom. The lowest BCUT2D eigenvalue weighted by Gasteiger charge is -2.36. The molecule has 1 amide bonds. The summed E-state index contributed by atoms with van der Waals surface area (Å²) < 4.78 is 0. The molecule has 160 valence electrons. The zero-order valence-electron chi connectivity index (χ0n) is 16.2. The van der Waals surface area contributed by atoms with Crippen molar-refractivity contribution in [1.29, 1.82) is 0 Å².